The fraction of sp³-hybridized carbons (Fsp3) is 0.889. The maximum atomic E-state index is 4.18. The minimum Gasteiger partial charge on any atom is -0.311 e. The summed E-state index contributed by atoms with van der Waals surface area (Å²) in [4.78, 5) is 0. The lowest BCUT2D eigenvalue weighted by atomic mass is 10.3. The number of hydrogen-bond donors (Lipinski definition) is 0. The van der Waals surface area contributed by atoms with Crippen LogP contribution in [0.2, 0.25) is 12.1 Å². The summed E-state index contributed by atoms with van der Waals surface area (Å²) in [6.45, 7) is 23.3. The monoisotopic (exact) mass is 312 g/mol. The van der Waals surface area contributed by atoms with Gasteiger partial charge in [-0.15, -0.1) is 6.58 Å². The van der Waals surface area contributed by atoms with E-state index >= 15 is 0 Å². The molecular weight excluding hydrogens is 272 g/mol. The summed E-state index contributed by atoms with van der Waals surface area (Å²) in [5, 5.41) is 0. The molecular formula is C18H40N2Si. The van der Waals surface area contributed by atoms with Gasteiger partial charge in [0.1, 0.15) is 0 Å². The average molecular weight is 313 g/mol. The first-order valence-electron chi connectivity index (χ1n) is 9.19. The zero-order valence-corrected chi connectivity index (χ0v) is 16.6. The predicted octanol–water partition coefficient (Wildman–Crippen LogP) is 5.27. The summed E-state index contributed by atoms with van der Waals surface area (Å²) < 4.78 is 5.71. The third-order valence-corrected chi connectivity index (χ3v) is 10.2. The minimum atomic E-state index is -1.67. The SMILES string of the molecule is C=CC(CC)[Si](C)(N(CCC)CCC)N(CCC)CCC. The molecule has 0 aliphatic rings. The van der Waals surface area contributed by atoms with Crippen LogP contribution in [-0.2, 0) is 0 Å². The van der Waals surface area contributed by atoms with Crippen molar-refractivity contribution < 1.29 is 0 Å². The van der Waals surface area contributed by atoms with Gasteiger partial charge in [-0.1, -0.05) is 40.7 Å². The van der Waals surface area contributed by atoms with E-state index in [1.165, 1.54) is 58.3 Å². The van der Waals surface area contributed by atoms with Crippen molar-refractivity contribution in [3.63, 3.8) is 0 Å². The fourth-order valence-electron chi connectivity index (χ4n) is 3.65. The van der Waals surface area contributed by atoms with Gasteiger partial charge in [-0.3, -0.25) is 0 Å². The van der Waals surface area contributed by atoms with Gasteiger partial charge in [-0.05, 0) is 70.4 Å². The quantitative estimate of drug-likeness (QED) is 0.338. The third-order valence-electron chi connectivity index (χ3n) is 4.68. The van der Waals surface area contributed by atoms with Crippen molar-refractivity contribution in [1.29, 1.82) is 0 Å². The molecule has 21 heavy (non-hydrogen) atoms. The van der Waals surface area contributed by atoms with E-state index in [2.05, 4.69) is 63.0 Å². The third kappa shape index (κ3) is 5.54. The summed E-state index contributed by atoms with van der Waals surface area (Å²) in [6, 6.07) is 0. The summed E-state index contributed by atoms with van der Waals surface area (Å²) in [6.07, 6.45) is 8.48. The van der Waals surface area contributed by atoms with Gasteiger partial charge >= 0.3 is 0 Å². The maximum absolute atomic E-state index is 4.18. The molecule has 0 fully saturated rings. The highest BCUT2D eigenvalue weighted by Crippen LogP contribution is 2.33. The van der Waals surface area contributed by atoms with E-state index in [9.17, 15) is 0 Å². The van der Waals surface area contributed by atoms with Gasteiger partial charge in [-0.2, -0.15) is 0 Å². The normalized spacial score (nSPS) is 13.9. The fourth-order valence-corrected chi connectivity index (χ4v) is 8.92. The first kappa shape index (κ1) is 20.9. The molecule has 0 spiro atoms. The molecule has 0 aromatic rings. The van der Waals surface area contributed by atoms with E-state index < -0.39 is 8.40 Å². The van der Waals surface area contributed by atoms with Crippen LogP contribution in [0.15, 0.2) is 12.7 Å². The second-order valence-electron chi connectivity index (χ2n) is 6.32. The number of hydrogen-bond acceptors (Lipinski definition) is 2. The van der Waals surface area contributed by atoms with Crippen molar-refractivity contribution in [3.05, 3.63) is 12.7 Å². The van der Waals surface area contributed by atoms with Gasteiger partial charge in [0.25, 0.3) is 0 Å². The van der Waals surface area contributed by atoms with Gasteiger partial charge in [0.2, 0.25) is 8.40 Å². The molecule has 0 bridgehead atoms. The molecule has 1 unspecified atom stereocenters. The van der Waals surface area contributed by atoms with E-state index in [0.29, 0.717) is 5.54 Å². The molecule has 0 N–H and O–H groups in total. The molecule has 0 saturated carbocycles. The lowest BCUT2D eigenvalue weighted by Crippen LogP contribution is -2.66. The Bertz CT molecular complexity index is 240. The van der Waals surface area contributed by atoms with Crippen LogP contribution < -0.4 is 0 Å². The second-order valence-corrected chi connectivity index (χ2v) is 10.5. The first-order valence-corrected chi connectivity index (χ1v) is 11.7. The van der Waals surface area contributed by atoms with Crippen molar-refractivity contribution in [3.8, 4) is 0 Å². The Labute approximate surface area is 135 Å². The van der Waals surface area contributed by atoms with Crippen molar-refractivity contribution in [2.75, 3.05) is 26.2 Å². The molecule has 0 aromatic carbocycles. The summed E-state index contributed by atoms with van der Waals surface area (Å²) >= 11 is 0. The summed E-state index contributed by atoms with van der Waals surface area (Å²) in [7, 11) is -1.67. The molecule has 3 heteroatoms. The van der Waals surface area contributed by atoms with E-state index in [1.807, 2.05) is 0 Å². The Hall–Kier alpha value is -0.123. The van der Waals surface area contributed by atoms with Gasteiger partial charge in [0.05, 0.1) is 0 Å². The number of nitrogens with zero attached hydrogens (tertiary/aromatic N) is 2. The van der Waals surface area contributed by atoms with Crippen LogP contribution in [0, 0.1) is 0 Å². The molecule has 0 radical (unpaired) electrons. The Kier molecular flexibility index (Phi) is 11.4. The number of allylic oxidation sites excluding steroid dienone is 1. The molecule has 0 aliphatic heterocycles. The van der Waals surface area contributed by atoms with E-state index in [-0.39, 0.29) is 0 Å². The van der Waals surface area contributed by atoms with Crippen LogP contribution >= 0.6 is 0 Å². The van der Waals surface area contributed by atoms with E-state index in [4.69, 9.17) is 0 Å². The molecule has 0 amide bonds. The van der Waals surface area contributed by atoms with Gasteiger partial charge in [0.15, 0.2) is 0 Å². The van der Waals surface area contributed by atoms with Crippen LogP contribution in [0.1, 0.15) is 66.7 Å². The molecule has 0 heterocycles. The Balaban J connectivity index is 5.61. The lowest BCUT2D eigenvalue weighted by Gasteiger charge is -2.50. The summed E-state index contributed by atoms with van der Waals surface area (Å²) in [5.41, 5.74) is 0.661. The second kappa shape index (κ2) is 11.4. The van der Waals surface area contributed by atoms with Crippen LogP contribution in [0.25, 0.3) is 0 Å². The standard InChI is InChI=1S/C18H40N2Si/c1-8-14-19(15-9-2)21(7,18(12-5)13-6)20(16-10-3)17-11-4/h12,18H,5,8-11,13-17H2,1-4,6-7H3. The molecule has 2 nitrogen and oxygen atoms in total. The van der Waals surface area contributed by atoms with Crippen molar-refractivity contribution in [2.45, 2.75) is 78.8 Å². The van der Waals surface area contributed by atoms with Crippen molar-refractivity contribution in [1.82, 2.24) is 9.13 Å². The van der Waals surface area contributed by atoms with Gasteiger partial charge < -0.3 is 9.13 Å². The summed E-state index contributed by atoms with van der Waals surface area (Å²) in [5.74, 6) is 0. The topological polar surface area (TPSA) is 6.48 Å². The molecule has 0 aromatic heterocycles. The molecule has 0 aliphatic carbocycles. The zero-order valence-electron chi connectivity index (χ0n) is 15.6. The van der Waals surface area contributed by atoms with Crippen LogP contribution in [0.5, 0.6) is 0 Å². The van der Waals surface area contributed by atoms with Gasteiger partial charge in [0, 0.05) is 0 Å². The zero-order chi connectivity index (χ0) is 16.3. The van der Waals surface area contributed by atoms with Crippen LogP contribution in [0.3, 0.4) is 0 Å². The molecule has 0 rings (SSSR count). The highest BCUT2D eigenvalue weighted by molar-refractivity contribution is 6.75. The Morgan fingerprint density at radius 2 is 1.14 bits per heavy atom. The smallest absolute Gasteiger partial charge is 0.210 e. The molecule has 126 valence electrons. The van der Waals surface area contributed by atoms with Crippen LogP contribution in [-0.4, -0.2) is 43.7 Å². The Morgan fingerprint density at radius 3 is 1.33 bits per heavy atom. The highest BCUT2D eigenvalue weighted by atomic mass is 28.3. The Morgan fingerprint density at radius 1 is 0.810 bits per heavy atom. The lowest BCUT2D eigenvalue weighted by molar-refractivity contribution is 0.310. The van der Waals surface area contributed by atoms with E-state index in [1.54, 1.807) is 0 Å². The maximum Gasteiger partial charge on any atom is 0.210 e. The van der Waals surface area contributed by atoms with Gasteiger partial charge in [-0.25, -0.2) is 0 Å². The van der Waals surface area contributed by atoms with E-state index in [0.717, 1.165) is 0 Å². The largest absolute Gasteiger partial charge is 0.311 e. The van der Waals surface area contributed by atoms with Crippen LogP contribution in [0.4, 0.5) is 0 Å². The minimum absolute atomic E-state index is 0.661. The first-order chi connectivity index (χ1) is 10.1. The molecule has 1 atom stereocenters. The van der Waals surface area contributed by atoms with Crippen molar-refractivity contribution in [2.24, 2.45) is 0 Å². The number of rotatable bonds is 13. The van der Waals surface area contributed by atoms with Crippen molar-refractivity contribution >= 4 is 8.40 Å². The highest BCUT2D eigenvalue weighted by Gasteiger charge is 2.44. The average Bonchev–Trinajstić information content (AvgIpc) is 2.47. The molecule has 0 saturated heterocycles. The predicted molar refractivity (Wildman–Crippen MR) is 100 cm³/mol.